The Morgan fingerprint density at radius 3 is 2.82 bits per heavy atom. The van der Waals surface area contributed by atoms with Crippen molar-refractivity contribution in [1.82, 2.24) is 4.98 Å². The Kier molecular flexibility index (Phi) is 3.10. The molecule has 1 aliphatic rings. The van der Waals surface area contributed by atoms with Crippen molar-refractivity contribution < 1.29 is 0 Å². The van der Waals surface area contributed by atoms with Crippen LogP contribution in [-0.2, 0) is 12.8 Å². The molecule has 1 nitrogen and oxygen atoms in total. The molecule has 3 rings (SSSR count). The molecule has 0 spiro atoms. The number of rotatable bonds is 0. The van der Waals surface area contributed by atoms with Crippen LogP contribution < -0.4 is 0 Å². The highest BCUT2D eigenvalue weighted by Crippen LogP contribution is 2.34. The number of hydrogen-bond acceptors (Lipinski definition) is 1. The van der Waals surface area contributed by atoms with E-state index in [4.69, 9.17) is 16.6 Å². The van der Waals surface area contributed by atoms with Gasteiger partial charge >= 0.3 is 0 Å². The van der Waals surface area contributed by atoms with Crippen molar-refractivity contribution in [1.29, 1.82) is 0 Å². The summed E-state index contributed by atoms with van der Waals surface area (Å²) < 4.78 is 1.03. The Morgan fingerprint density at radius 2 is 1.94 bits per heavy atom. The van der Waals surface area contributed by atoms with Gasteiger partial charge in [-0.15, -0.1) is 0 Å². The van der Waals surface area contributed by atoms with E-state index in [1.807, 2.05) is 12.1 Å². The van der Waals surface area contributed by atoms with Crippen LogP contribution in [0.2, 0.25) is 5.02 Å². The minimum absolute atomic E-state index is 0.910. The summed E-state index contributed by atoms with van der Waals surface area (Å²) in [4.78, 5) is 4.80. The average Bonchev–Trinajstić information content (AvgIpc) is 2.56. The number of aryl methyl sites for hydroxylation is 1. The zero-order valence-electron chi connectivity index (χ0n) is 9.47. The first-order valence-electron chi connectivity index (χ1n) is 6.03. The molecule has 3 heteroatoms. The summed E-state index contributed by atoms with van der Waals surface area (Å²) in [5.74, 6) is 0. The zero-order chi connectivity index (χ0) is 11.8. The molecule has 0 saturated heterocycles. The first kappa shape index (κ1) is 11.5. The number of pyridine rings is 1. The Morgan fingerprint density at radius 1 is 1.12 bits per heavy atom. The van der Waals surface area contributed by atoms with E-state index in [-0.39, 0.29) is 0 Å². The third kappa shape index (κ3) is 1.98. The molecule has 0 saturated carbocycles. The summed E-state index contributed by atoms with van der Waals surface area (Å²) in [5, 5.41) is 1.98. The van der Waals surface area contributed by atoms with Crippen molar-refractivity contribution in [2.75, 3.05) is 0 Å². The first-order valence-corrected chi connectivity index (χ1v) is 7.20. The van der Waals surface area contributed by atoms with E-state index in [1.54, 1.807) is 0 Å². The van der Waals surface area contributed by atoms with Crippen LogP contribution in [0.5, 0.6) is 0 Å². The third-order valence-corrected chi connectivity index (χ3v) is 4.50. The van der Waals surface area contributed by atoms with E-state index in [9.17, 15) is 0 Å². The molecule has 0 amide bonds. The second-order valence-corrected chi connectivity index (χ2v) is 5.78. The summed E-state index contributed by atoms with van der Waals surface area (Å²) in [6, 6.07) is 6.10. The molecule has 0 bridgehead atoms. The number of hydrogen-bond donors (Lipinski definition) is 0. The number of benzene rings is 1. The van der Waals surface area contributed by atoms with Gasteiger partial charge in [0.1, 0.15) is 0 Å². The lowest BCUT2D eigenvalue weighted by Gasteiger charge is -2.11. The average molecular weight is 311 g/mol. The molecule has 1 heterocycles. The zero-order valence-corrected chi connectivity index (χ0v) is 11.8. The lowest BCUT2D eigenvalue weighted by molar-refractivity contribution is 0.709. The minimum atomic E-state index is 0.910. The molecular weight excluding hydrogens is 298 g/mol. The molecule has 0 aliphatic heterocycles. The predicted molar refractivity (Wildman–Crippen MR) is 75.7 cm³/mol. The minimum Gasteiger partial charge on any atom is -0.251 e. The van der Waals surface area contributed by atoms with Gasteiger partial charge in [-0.05, 0) is 53.2 Å². The summed E-state index contributed by atoms with van der Waals surface area (Å²) in [6.07, 6.45) is 5.88. The van der Waals surface area contributed by atoms with Crippen LogP contribution in [0.1, 0.15) is 30.5 Å². The molecular formula is C14H13BrClN. The molecule has 0 fully saturated rings. The van der Waals surface area contributed by atoms with Crippen LogP contribution in [0.25, 0.3) is 10.9 Å². The smallest absolute Gasteiger partial charge is 0.0862 e. The van der Waals surface area contributed by atoms with Crippen LogP contribution in [-0.4, -0.2) is 4.98 Å². The lowest BCUT2D eigenvalue weighted by atomic mass is 10.1. The van der Waals surface area contributed by atoms with Crippen LogP contribution in [0.3, 0.4) is 0 Å². The second-order valence-electron chi connectivity index (χ2n) is 4.55. The van der Waals surface area contributed by atoms with Crippen molar-refractivity contribution in [3.63, 3.8) is 0 Å². The molecule has 1 aromatic heterocycles. The van der Waals surface area contributed by atoms with E-state index in [0.29, 0.717) is 0 Å². The largest absolute Gasteiger partial charge is 0.251 e. The third-order valence-electron chi connectivity index (χ3n) is 3.42. The van der Waals surface area contributed by atoms with Gasteiger partial charge in [0.05, 0.1) is 10.5 Å². The van der Waals surface area contributed by atoms with Crippen molar-refractivity contribution >= 4 is 38.4 Å². The lowest BCUT2D eigenvalue weighted by Crippen LogP contribution is -1.98. The van der Waals surface area contributed by atoms with Crippen molar-refractivity contribution in [2.24, 2.45) is 0 Å². The van der Waals surface area contributed by atoms with Gasteiger partial charge in [0.25, 0.3) is 0 Å². The fraction of sp³-hybridized carbons (Fsp3) is 0.357. The second kappa shape index (κ2) is 4.58. The SMILES string of the molecule is Clc1c2c(nc3c(Br)cccc13)CCCCC2. The maximum Gasteiger partial charge on any atom is 0.0862 e. The van der Waals surface area contributed by atoms with Gasteiger partial charge in [0.2, 0.25) is 0 Å². The Bertz CT molecular complexity index is 580. The number of aromatic nitrogens is 1. The Labute approximate surface area is 114 Å². The number of fused-ring (bicyclic) bond motifs is 2. The van der Waals surface area contributed by atoms with E-state index >= 15 is 0 Å². The van der Waals surface area contributed by atoms with Crippen LogP contribution in [0.4, 0.5) is 0 Å². The van der Waals surface area contributed by atoms with E-state index in [1.165, 1.54) is 30.5 Å². The Hall–Kier alpha value is -0.600. The highest BCUT2D eigenvalue weighted by Gasteiger charge is 2.16. The Balaban J connectivity index is 2.33. The first-order chi connectivity index (χ1) is 8.27. The van der Waals surface area contributed by atoms with Crippen LogP contribution in [0.15, 0.2) is 22.7 Å². The van der Waals surface area contributed by atoms with Gasteiger partial charge in [-0.2, -0.15) is 0 Å². The van der Waals surface area contributed by atoms with Gasteiger partial charge < -0.3 is 0 Å². The van der Waals surface area contributed by atoms with Crippen LogP contribution >= 0.6 is 27.5 Å². The van der Waals surface area contributed by atoms with Gasteiger partial charge in [-0.25, -0.2) is 0 Å². The maximum absolute atomic E-state index is 6.54. The van der Waals surface area contributed by atoms with Crippen LogP contribution in [0, 0.1) is 0 Å². The molecule has 17 heavy (non-hydrogen) atoms. The predicted octanol–water partition coefficient (Wildman–Crippen LogP) is 4.92. The standard InChI is InChI=1S/C14H13BrClN/c15-11-7-4-6-10-13(16)9-5-2-1-3-8-12(9)17-14(10)11/h4,6-7H,1-3,5,8H2. The van der Waals surface area contributed by atoms with Gasteiger partial charge in [0.15, 0.2) is 0 Å². The fourth-order valence-electron chi connectivity index (χ4n) is 2.53. The molecule has 0 N–H and O–H groups in total. The molecule has 88 valence electrons. The normalized spacial score (nSPS) is 15.6. The monoisotopic (exact) mass is 309 g/mol. The van der Waals surface area contributed by atoms with E-state index < -0.39 is 0 Å². The van der Waals surface area contributed by atoms with Crippen molar-refractivity contribution in [2.45, 2.75) is 32.1 Å². The molecule has 1 aromatic carbocycles. The highest BCUT2D eigenvalue weighted by atomic mass is 79.9. The number of para-hydroxylation sites is 1. The molecule has 0 atom stereocenters. The van der Waals surface area contributed by atoms with E-state index in [0.717, 1.165) is 33.2 Å². The highest BCUT2D eigenvalue weighted by molar-refractivity contribution is 9.10. The summed E-state index contributed by atoms with van der Waals surface area (Å²) in [7, 11) is 0. The summed E-state index contributed by atoms with van der Waals surface area (Å²) >= 11 is 10.1. The van der Waals surface area contributed by atoms with E-state index in [2.05, 4.69) is 22.0 Å². The molecule has 2 aromatic rings. The summed E-state index contributed by atoms with van der Waals surface area (Å²) in [6.45, 7) is 0. The van der Waals surface area contributed by atoms with Gasteiger partial charge in [0, 0.05) is 15.6 Å². The maximum atomic E-state index is 6.54. The molecule has 0 radical (unpaired) electrons. The van der Waals surface area contributed by atoms with Crippen molar-refractivity contribution in [3.8, 4) is 0 Å². The van der Waals surface area contributed by atoms with Gasteiger partial charge in [-0.1, -0.05) is 30.2 Å². The number of nitrogens with zero attached hydrogens (tertiary/aromatic N) is 1. The molecule has 1 aliphatic carbocycles. The summed E-state index contributed by atoms with van der Waals surface area (Å²) in [5.41, 5.74) is 3.47. The fourth-order valence-corrected chi connectivity index (χ4v) is 3.34. The molecule has 0 unspecified atom stereocenters. The van der Waals surface area contributed by atoms with Gasteiger partial charge in [-0.3, -0.25) is 4.98 Å². The number of halogens is 2. The van der Waals surface area contributed by atoms with Crippen molar-refractivity contribution in [3.05, 3.63) is 39.0 Å². The quantitative estimate of drug-likeness (QED) is 0.629. The topological polar surface area (TPSA) is 12.9 Å².